The molecule has 0 bridgehead atoms. The van der Waals surface area contributed by atoms with Crippen LogP contribution in [0.1, 0.15) is 106 Å². The van der Waals surface area contributed by atoms with E-state index >= 15 is 0 Å². The highest BCUT2D eigenvalue weighted by atomic mass is 16.3. The first-order chi connectivity index (χ1) is 14.6. The normalized spacial score (nSPS) is 49.5. The van der Waals surface area contributed by atoms with Gasteiger partial charge in [0.15, 0.2) is 0 Å². The molecule has 4 saturated carbocycles. The molecule has 1 N–H and O–H groups in total. The molecule has 0 spiro atoms. The Kier molecular flexibility index (Phi) is 6.78. The zero-order chi connectivity index (χ0) is 22.6. The minimum absolute atomic E-state index is 0.0511. The van der Waals surface area contributed by atoms with Crippen LogP contribution >= 0.6 is 0 Å². The molecule has 31 heavy (non-hydrogen) atoms. The fourth-order valence-electron chi connectivity index (χ4n) is 9.90. The topological polar surface area (TPSA) is 20.2 Å². The van der Waals surface area contributed by atoms with Crippen LogP contribution in [0, 0.1) is 64.1 Å². The first-order valence-electron chi connectivity index (χ1n) is 14.0. The van der Waals surface area contributed by atoms with Crippen molar-refractivity contribution < 1.29 is 5.11 Å². The van der Waals surface area contributed by atoms with E-state index in [1.54, 1.807) is 0 Å². The molecular weight excluding hydrogens is 376 g/mol. The molecule has 0 radical (unpaired) electrons. The number of aliphatic hydroxyl groups excluding tert-OH is 1. The van der Waals surface area contributed by atoms with Crippen molar-refractivity contribution in [1.82, 2.24) is 0 Å². The van der Waals surface area contributed by atoms with Crippen molar-refractivity contribution in [2.45, 2.75) is 112 Å². The zero-order valence-electron chi connectivity index (χ0n) is 21.7. The maximum Gasteiger partial charge on any atom is 0.0568 e. The molecule has 0 aromatic carbocycles. The van der Waals surface area contributed by atoms with E-state index in [1.165, 1.54) is 51.4 Å². The van der Waals surface area contributed by atoms with Gasteiger partial charge in [0.1, 0.15) is 0 Å². The molecule has 4 fully saturated rings. The van der Waals surface area contributed by atoms with E-state index in [0.717, 1.165) is 53.8 Å². The first-order valence-corrected chi connectivity index (χ1v) is 14.0. The van der Waals surface area contributed by atoms with Gasteiger partial charge in [-0.15, -0.1) is 0 Å². The Morgan fingerprint density at radius 3 is 2.16 bits per heavy atom. The van der Waals surface area contributed by atoms with E-state index in [9.17, 15) is 5.11 Å². The van der Waals surface area contributed by atoms with Crippen molar-refractivity contribution in [1.29, 1.82) is 0 Å². The number of hydrogen-bond donors (Lipinski definition) is 1. The van der Waals surface area contributed by atoms with E-state index in [4.69, 9.17) is 0 Å². The molecule has 178 valence electrons. The van der Waals surface area contributed by atoms with Crippen LogP contribution in [0.25, 0.3) is 0 Å². The van der Waals surface area contributed by atoms with Crippen molar-refractivity contribution in [2.75, 3.05) is 0 Å². The van der Waals surface area contributed by atoms with Gasteiger partial charge in [-0.3, -0.25) is 0 Å². The van der Waals surface area contributed by atoms with Crippen LogP contribution in [0.5, 0.6) is 0 Å². The Labute approximate surface area is 193 Å². The largest absolute Gasteiger partial charge is 0.393 e. The van der Waals surface area contributed by atoms with Gasteiger partial charge in [0.05, 0.1) is 6.10 Å². The monoisotopic (exact) mass is 428 g/mol. The fraction of sp³-hybridized carbons (Fsp3) is 0.933. The Hall–Kier alpha value is -0.300. The average Bonchev–Trinajstić information content (AvgIpc) is 3.08. The number of hydrogen-bond acceptors (Lipinski definition) is 1. The summed E-state index contributed by atoms with van der Waals surface area (Å²) >= 11 is 0. The number of rotatable bonds is 5. The summed E-state index contributed by atoms with van der Waals surface area (Å²) in [5.74, 6) is 7.14. The summed E-state index contributed by atoms with van der Waals surface area (Å²) in [7, 11) is 0. The molecule has 11 atom stereocenters. The van der Waals surface area contributed by atoms with Gasteiger partial charge in [-0.05, 0) is 122 Å². The lowest BCUT2D eigenvalue weighted by Crippen LogP contribution is -2.56. The number of allylic oxidation sites excluding steroid dienone is 2. The van der Waals surface area contributed by atoms with Crippen molar-refractivity contribution >= 4 is 0 Å². The van der Waals surface area contributed by atoms with Crippen LogP contribution in [0.2, 0.25) is 0 Å². The summed E-state index contributed by atoms with van der Waals surface area (Å²) in [5, 5.41) is 10.5. The Balaban J connectivity index is 1.51. The number of fused-ring (bicyclic) bond motifs is 5. The molecule has 0 aliphatic heterocycles. The van der Waals surface area contributed by atoms with Crippen molar-refractivity contribution in [3.05, 3.63) is 12.2 Å². The lowest BCUT2D eigenvalue weighted by atomic mass is 9.43. The Morgan fingerprint density at radius 1 is 0.839 bits per heavy atom. The molecule has 0 amide bonds. The van der Waals surface area contributed by atoms with Gasteiger partial charge in [-0.25, -0.2) is 0 Å². The molecule has 0 saturated heterocycles. The maximum atomic E-state index is 10.5. The summed E-state index contributed by atoms with van der Waals surface area (Å²) in [5.41, 5.74) is 1.03. The molecule has 0 aromatic heterocycles. The lowest BCUT2D eigenvalue weighted by molar-refractivity contribution is -0.148. The lowest BCUT2D eigenvalue weighted by Gasteiger charge is -2.62. The van der Waals surface area contributed by atoms with Crippen molar-refractivity contribution in [3.63, 3.8) is 0 Å². The van der Waals surface area contributed by atoms with Crippen molar-refractivity contribution in [3.8, 4) is 0 Å². The predicted octanol–water partition coefficient (Wildman–Crippen LogP) is 8.13. The highest BCUT2D eigenvalue weighted by Crippen LogP contribution is 2.68. The van der Waals surface area contributed by atoms with Gasteiger partial charge < -0.3 is 5.11 Å². The second kappa shape index (κ2) is 8.81. The van der Waals surface area contributed by atoms with E-state index < -0.39 is 0 Å². The van der Waals surface area contributed by atoms with Gasteiger partial charge >= 0.3 is 0 Å². The Bertz CT molecular complexity index is 651. The third kappa shape index (κ3) is 3.87. The van der Waals surface area contributed by atoms with Crippen LogP contribution in [-0.2, 0) is 0 Å². The predicted molar refractivity (Wildman–Crippen MR) is 133 cm³/mol. The molecule has 1 nitrogen and oxygen atoms in total. The summed E-state index contributed by atoms with van der Waals surface area (Å²) < 4.78 is 0. The highest BCUT2D eigenvalue weighted by molar-refractivity contribution is 5.12. The summed E-state index contributed by atoms with van der Waals surface area (Å²) in [6.45, 7) is 17.3. The van der Waals surface area contributed by atoms with Gasteiger partial charge in [-0.1, -0.05) is 60.6 Å². The molecule has 1 heteroatoms. The zero-order valence-corrected chi connectivity index (χ0v) is 21.7. The quantitative estimate of drug-likeness (QED) is 0.438. The molecule has 0 heterocycles. The maximum absolute atomic E-state index is 10.5. The molecule has 4 aliphatic carbocycles. The average molecular weight is 429 g/mol. The summed E-state index contributed by atoms with van der Waals surface area (Å²) in [6, 6.07) is 0. The smallest absolute Gasteiger partial charge is 0.0568 e. The highest BCUT2D eigenvalue weighted by Gasteiger charge is 2.61. The minimum Gasteiger partial charge on any atom is -0.393 e. The van der Waals surface area contributed by atoms with E-state index in [2.05, 4.69) is 60.6 Å². The Morgan fingerprint density at radius 2 is 1.48 bits per heavy atom. The molecule has 4 rings (SSSR count). The third-order valence-electron chi connectivity index (χ3n) is 11.9. The summed E-state index contributed by atoms with van der Waals surface area (Å²) in [4.78, 5) is 0. The van der Waals surface area contributed by atoms with Crippen LogP contribution in [0.3, 0.4) is 0 Å². The van der Waals surface area contributed by atoms with Gasteiger partial charge in [0.25, 0.3) is 0 Å². The van der Waals surface area contributed by atoms with Crippen molar-refractivity contribution in [2.24, 2.45) is 64.1 Å². The molecular formula is C30H52O. The molecule has 0 aromatic rings. The third-order valence-corrected chi connectivity index (χ3v) is 11.9. The fourth-order valence-corrected chi connectivity index (χ4v) is 9.90. The van der Waals surface area contributed by atoms with E-state index in [0.29, 0.717) is 16.7 Å². The molecule has 4 aliphatic rings. The minimum atomic E-state index is -0.0511. The second-order valence-electron chi connectivity index (χ2n) is 13.3. The van der Waals surface area contributed by atoms with Crippen LogP contribution in [-0.4, -0.2) is 11.2 Å². The van der Waals surface area contributed by atoms with Crippen LogP contribution < -0.4 is 0 Å². The van der Waals surface area contributed by atoms with Gasteiger partial charge in [-0.2, -0.15) is 0 Å². The van der Waals surface area contributed by atoms with E-state index in [1.807, 2.05) is 0 Å². The summed E-state index contributed by atoms with van der Waals surface area (Å²) in [6.07, 6.45) is 17.3. The van der Waals surface area contributed by atoms with Crippen LogP contribution in [0.15, 0.2) is 12.2 Å². The SMILES string of the molecule is CC[C@H](/C=C/[C@@H](C)[C@H]1CC[C@H]2[C@@H]3CC[C@H]4[C@H](C)[C@@H](O)CC[C@]4(C)[C@H]3CC[C@]12C)C(C)C. The van der Waals surface area contributed by atoms with Gasteiger partial charge in [0, 0.05) is 0 Å². The number of aliphatic hydroxyl groups is 1. The van der Waals surface area contributed by atoms with Crippen LogP contribution in [0.4, 0.5) is 0 Å². The van der Waals surface area contributed by atoms with E-state index in [-0.39, 0.29) is 6.10 Å². The van der Waals surface area contributed by atoms with Gasteiger partial charge in [0.2, 0.25) is 0 Å². The standard InChI is InChI=1S/C30H52O/c1-8-22(19(2)3)10-9-20(4)24-13-14-26-23-11-12-25-21(5)28(31)16-18-30(25,7)27(23)15-17-29(24,26)6/h9-10,19-28,31H,8,11-18H2,1-7H3/b10-9+/t20-,21+,22-,23+,24-,25+,26+,27+,28+,29-,30+/m1/s1. The second-order valence-corrected chi connectivity index (χ2v) is 13.3. The first kappa shape index (κ1) is 23.8. The molecule has 0 unspecified atom stereocenters.